The van der Waals surface area contributed by atoms with Gasteiger partial charge in [0, 0.05) is 17.7 Å². The van der Waals surface area contributed by atoms with E-state index in [1.54, 1.807) is 6.92 Å². The number of carbonyl (C=O) groups excluding carboxylic acids is 1. The Bertz CT molecular complexity index is 585. The predicted octanol–water partition coefficient (Wildman–Crippen LogP) is 0.641. The fourth-order valence-electron chi connectivity index (χ4n) is 1.81. The van der Waals surface area contributed by atoms with Gasteiger partial charge < -0.3 is 20.1 Å². The summed E-state index contributed by atoms with van der Waals surface area (Å²) in [4.78, 5) is 32.3. The number of hydrogen-bond acceptors (Lipinski definition) is 7. The van der Waals surface area contributed by atoms with Crippen LogP contribution in [0.3, 0.4) is 0 Å². The number of non-ortho nitro benzene ring substituents is 1. The fraction of sp³-hybridized carbons (Fsp3) is 0.385. The van der Waals surface area contributed by atoms with Gasteiger partial charge in [0.2, 0.25) is 0 Å². The molecule has 9 nitrogen and oxygen atoms in total. The Labute approximate surface area is 124 Å². The van der Waals surface area contributed by atoms with E-state index < -0.39 is 46.7 Å². The molecule has 0 aliphatic rings. The van der Waals surface area contributed by atoms with E-state index in [-0.39, 0.29) is 12.2 Å². The Morgan fingerprint density at radius 2 is 2.00 bits per heavy atom. The molecule has 0 heterocycles. The molecule has 0 aliphatic carbocycles. The fourth-order valence-corrected chi connectivity index (χ4v) is 1.81. The molecular formula is C13H15NO8. The first-order chi connectivity index (χ1) is 10.3. The minimum Gasteiger partial charge on any atom is -0.478 e. The average Bonchev–Trinajstić information content (AvgIpc) is 2.45. The number of aliphatic hydroxyl groups is 2. The van der Waals surface area contributed by atoms with Gasteiger partial charge in [0.1, 0.15) is 6.10 Å². The quantitative estimate of drug-likeness (QED) is 0.377. The van der Waals surface area contributed by atoms with Crippen molar-refractivity contribution in [2.45, 2.75) is 25.6 Å². The zero-order chi connectivity index (χ0) is 16.9. The number of nitrogens with zero attached hydrogens (tertiary/aromatic N) is 1. The van der Waals surface area contributed by atoms with Crippen LogP contribution in [0.15, 0.2) is 18.2 Å². The first-order valence-electron chi connectivity index (χ1n) is 6.31. The molecule has 0 aliphatic heterocycles. The molecule has 0 saturated carbocycles. The van der Waals surface area contributed by atoms with Crippen molar-refractivity contribution in [2.24, 2.45) is 0 Å². The molecule has 0 bridgehead atoms. The molecule has 1 rings (SSSR count). The van der Waals surface area contributed by atoms with Gasteiger partial charge in [-0.25, -0.2) is 4.79 Å². The lowest BCUT2D eigenvalue weighted by atomic mass is 9.96. The van der Waals surface area contributed by atoms with Crippen molar-refractivity contribution in [1.82, 2.24) is 0 Å². The third-order valence-corrected chi connectivity index (χ3v) is 2.84. The summed E-state index contributed by atoms with van der Waals surface area (Å²) in [5, 5.41) is 39.6. The number of rotatable bonds is 7. The van der Waals surface area contributed by atoms with Gasteiger partial charge >= 0.3 is 11.9 Å². The van der Waals surface area contributed by atoms with E-state index >= 15 is 0 Å². The number of aromatic carboxylic acids is 1. The van der Waals surface area contributed by atoms with Crippen molar-refractivity contribution < 1.29 is 34.6 Å². The minimum atomic E-state index is -1.78. The summed E-state index contributed by atoms with van der Waals surface area (Å²) >= 11 is 0. The van der Waals surface area contributed by atoms with Crippen molar-refractivity contribution in [3.8, 4) is 0 Å². The molecular weight excluding hydrogens is 298 g/mol. The van der Waals surface area contributed by atoms with Crippen LogP contribution in [0.5, 0.6) is 0 Å². The SMILES string of the molecule is CCOC(=O)CC(O)C(O)c1cc([N+](=O)[O-])ccc1C(=O)O. The highest BCUT2D eigenvalue weighted by atomic mass is 16.6. The van der Waals surface area contributed by atoms with Crippen LogP contribution in [-0.4, -0.2) is 44.9 Å². The van der Waals surface area contributed by atoms with Gasteiger partial charge in [0.05, 0.1) is 29.6 Å². The second-order valence-electron chi connectivity index (χ2n) is 4.36. The highest BCUT2D eigenvalue weighted by Crippen LogP contribution is 2.27. The van der Waals surface area contributed by atoms with E-state index in [4.69, 9.17) is 5.11 Å². The third-order valence-electron chi connectivity index (χ3n) is 2.84. The van der Waals surface area contributed by atoms with Crippen molar-refractivity contribution in [2.75, 3.05) is 6.61 Å². The molecule has 2 atom stereocenters. The number of aliphatic hydroxyl groups excluding tert-OH is 2. The van der Waals surface area contributed by atoms with Crippen LogP contribution in [0.25, 0.3) is 0 Å². The Morgan fingerprint density at radius 3 is 2.50 bits per heavy atom. The second kappa shape index (κ2) is 7.48. The van der Waals surface area contributed by atoms with E-state index in [1.165, 1.54) is 0 Å². The molecule has 0 fully saturated rings. The molecule has 9 heteroatoms. The van der Waals surface area contributed by atoms with Gasteiger partial charge in [-0.2, -0.15) is 0 Å². The number of carbonyl (C=O) groups is 2. The van der Waals surface area contributed by atoms with Gasteiger partial charge in [-0.15, -0.1) is 0 Å². The van der Waals surface area contributed by atoms with Gasteiger partial charge in [0.25, 0.3) is 5.69 Å². The van der Waals surface area contributed by atoms with Crippen molar-refractivity contribution in [3.63, 3.8) is 0 Å². The number of carboxylic acids is 1. The van der Waals surface area contributed by atoms with Crippen molar-refractivity contribution in [3.05, 3.63) is 39.4 Å². The molecule has 0 radical (unpaired) electrons. The first-order valence-corrected chi connectivity index (χ1v) is 6.31. The highest BCUT2D eigenvalue weighted by Gasteiger charge is 2.27. The molecule has 1 aromatic rings. The number of ether oxygens (including phenoxy) is 1. The van der Waals surface area contributed by atoms with Crippen LogP contribution >= 0.6 is 0 Å². The lowest BCUT2D eigenvalue weighted by molar-refractivity contribution is -0.385. The number of benzene rings is 1. The van der Waals surface area contributed by atoms with Crippen LogP contribution in [0, 0.1) is 10.1 Å². The van der Waals surface area contributed by atoms with Crippen LogP contribution in [0.1, 0.15) is 35.4 Å². The summed E-state index contributed by atoms with van der Waals surface area (Å²) in [7, 11) is 0. The topological polar surface area (TPSA) is 147 Å². The maximum absolute atomic E-state index is 11.3. The van der Waals surface area contributed by atoms with Crippen LogP contribution in [0.4, 0.5) is 5.69 Å². The second-order valence-corrected chi connectivity index (χ2v) is 4.36. The number of carboxylic acid groups (broad SMARTS) is 1. The number of nitro benzene ring substituents is 1. The largest absolute Gasteiger partial charge is 0.478 e. The van der Waals surface area contributed by atoms with Crippen LogP contribution < -0.4 is 0 Å². The van der Waals surface area contributed by atoms with Gasteiger partial charge in [-0.3, -0.25) is 14.9 Å². The molecule has 2 unspecified atom stereocenters. The normalized spacial score (nSPS) is 13.2. The Kier molecular flexibility index (Phi) is 5.96. The lowest BCUT2D eigenvalue weighted by Crippen LogP contribution is -2.24. The molecule has 120 valence electrons. The van der Waals surface area contributed by atoms with Gasteiger partial charge in [-0.05, 0) is 13.0 Å². The Balaban J connectivity index is 3.10. The average molecular weight is 313 g/mol. The molecule has 0 aromatic heterocycles. The summed E-state index contributed by atoms with van der Waals surface area (Å²) < 4.78 is 4.60. The summed E-state index contributed by atoms with van der Waals surface area (Å²) in [6.45, 7) is 1.64. The monoisotopic (exact) mass is 313 g/mol. The zero-order valence-electron chi connectivity index (χ0n) is 11.6. The van der Waals surface area contributed by atoms with E-state index in [9.17, 15) is 29.9 Å². The van der Waals surface area contributed by atoms with Crippen molar-refractivity contribution >= 4 is 17.6 Å². The van der Waals surface area contributed by atoms with Crippen molar-refractivity contribution in [1.29, 1.82) is 0 Å². The molecule has 1 aromatic carbocycles. The zero-order valence-corrected chi connectivity index (χ0v) is 11.6. The van der Waals surface area contributed by atoms with Gasteiger partial charge in [-0.1, -0.05) is 0 Å². The van der Waals surface area contributed by atoms with E-state index in [0.717, 1.165) is 18.2 Å². The molecule has 3 N–H and O–H groups in total. The van der Waals surface area contributed by atoms with Crippen LogP contribution in [-0.2, 0) is 9.53 Å². The smallest absolute Gasteiger partial charge is 0.336 e. The molecule has 0 amide bonds. The summed E-state index contributed by atoms with van der Waals surface area (Å²) in [6, 6.07) is 2.77. The standard InChI is InChI=1S/C13H15NO8/c1-2-22-11(16)6-10(15)12(17)9-5-7(14(20)21)3-4-8(9)13(18)19/h3-5,10,12,15,17H,2,6H2,1H3,(H,18,19). The lowest BCUT2D eigenvalue weighted by Gasteiger charge is -2.19. The number of esters is 1. The summed E-state index contributed by atoms with van der Waals surface area (Å²) in [5.74, 6) is -2.20. The summed E-state index contributed by atoms with van der Waals surface area (Å²) in [6.07, 6.45) is -4.01. The predicted molar refractivity (Wildman–Crippen MR) is 72.3 cm³/mol. The first kappa shape index (κ1) is 17.5. The minimum absolute atomic E-state index is 0.0822. The Hall–Kier alpha value is -2.52. The molecule has 0 spiro atoms. The Morgan fingerprint density at radius 1 is 1.36 bits per heavy atom. The third kappa shape index (κ3) is 4.24. The number of nitro groups is 1. The molecule has 22 heavy (non-hydrogen) atoms. The van der Waals surface area contributed by atoms with E-state index in [2.05, 4.69) is 4.74 Å². The summed E-state index contributed by atoms with van der Waals surface area (Å²) in [5.41, 5.74) is -1.19. The highest BCUT2D eigenvalue weighted by molar-refractivity contribution is 5.90. The molecule has 0 saturated heterocycles. The van der Waals surface area contributed by atoms with E-state index in [1.807, 2.05) is 0 Å². The van der Waals surface area contributed by atoms with E-state index in [0.29, 0.717) is 0 Å². The maximum atomic E-state index is 11.3. The van der Waals surface area contributed by atoms with Crippen LogP contribution in [0.2, 0.25) is 0 Å². The maximum Gasteiger partial charge on any atom is 0.336 e. The number of hydrogen-bond donors (Lipinski definition) is 3. The van der Waals surface area contributed by atoms with Gasteiger partial charge in [0.15, 0.2) is 0 Å².